The summed E-state index contributed by atoms with van der Waals surface area (Å²) in [5, 5.41) is 3.12. The lowest BCUT2D eigenvalue weighted by molar-refractivity contribution is -0.128. The lowest BCUT2D eigenvalue weighted by atomic mass is 9.78. The largest absolute Gasteiger partial charge is 0.481 e. The maximum Gasteiger partial charge on any atom is 0.261 e. The number of hydrogen-bond acceptors (Lipinski definition) is 5. The minimum atomic E-state index is -3.54. The standard InChI is InChI=1S/C21H32N2O5S/c1-15-5-4-6-20(16(15)2)22-21(24)17(3)28-18-7-9-19(10-8-18)29(25,26)23-11-13-27-14-12-23/h7-10,15-17,20H,4-6,11-14H2,1-3H3,(H,22,24)/t15-,16+,17+,20+/m0/s1. The van der Waals surface area contributed by atoms with E-state index < -0.39 is 16.1 Å². The molecule has 1 N–H and O–H groups in total. The molecule has 2 aliphatic rings. The third kappa shape index (κ3) is 5.29. The van der Waals surface area contributed by atoms with Crippen molar-refractivity contribution < 1.29 is 22.7 Å². The first-order chi connectivity index (χ1) is 13.8. The number of nitrogens with one attached hydrogen (secondary N) is 1. The van der Waals surface area contributed by atoms with Gasteiger partial charge in [0, 0.05) is 19.1 Å². The van der Waals surface area contributed by atoms with E-state index in [1.165, 1.54) is 22.9 Å². The SMILES string of the molecule is C[C@@H]1[C@@H](C)CCC[C@H]1NC(=O)[C@@H](C)Oc1ccc(S(=O)(=O)N2CCOCC2)cc1. The van der Waals surface area contributed by atoms with Crippen molar-refractivity contribution in [2.75, 3.05) is 26.3 Å². The molecule has 1 aliphatic carbocycles. The van der Waals surface area contributed by atoms with Crippen LogP contribution in [-0.2, 0) is 19.6 Å². The molecule has 0 bridgehead atoms. The van der Waals surface area contributed by atoms with E-state index >= 15 is 0 Å². The maximum absolute atomic E-state index is 12.7. The average molecular weight is 425 g/mol. The fourth-order valence-corrected chi connectivity index (χ4v) is 5.38. The molecule has 4 atom stereocenters. The Bertz CT molecular complexity index is 790. The van der Waals surface area contributed by atoms with Gasteiger partial charge >= 0.3 is 0 Å². The lowest BCUT2D eigenvalue weighted by Gasteiger charge is -2.35. The fraction of sp³-hybridized carbons (Fsp3) is 0.667. The third-order valence-electron chi connectivity index (χ3n) is 6.15. The summed E-state index contributed by atoms with van der Waals surface area (Å²) in [7, 11) is -3.54. The Morgan fingerprint density at radius 1 is 1.17 bits per heavy atom. The second-order valence-corrected chi connectivity index (χ2v) is 10.1. The Balaban J connectivity index is 1.58. The zero-order chi connectivity index (χ0) is 21.0. The highest BCUT2D eigenvalue weighted by atomic mass is 32.2. The van der Waals surface area contributed by atoms with Gasteiger partial charge in [-0.15, -0.1) is 0 Å². The predicted octanol–water partition coefficient (Wildman–Crippen LogP) is 2.42. The maximum atomic E-state index is 12.7. The van der Waals surface area contributed by atoms with Crippen LogP contribution in [0.4, 0.5) is 0 Å². The quantitative estimate of drug-likeness (QED) is 0.758. The van der Waals surface area contributed by atoms with E-state index in [0.717, 1.165) is 12.8 Å². The molecule has 1 saturated heterocycles. The molecular formula is C21H32N2O5S. The number of ether oxygens (including phenoxy) is 2. The number of amides is 1. The molecule has 1 saturated carbocycles. The second kappa shape index (κ2) is 9.45. The topological polar surface area (TPSA) is 84.9 Å². The van der Waals surface area contributed by atoms with Crippen molar-refractivity contribution >= 4 is 15.9 Å². The molecule has 7 nitrogen and oxygen atoms in total. The molecule has 0 radical (unpaired) electrons. The van der Waals surface area contributed by atoms with Crippen molar-refractivity contribution in [3.05, 3.63) is 24.3 Å². The lowest BCUT2D eigenvalue weighted by Crippen LogP contribution is -2.48. The summed E-state index contributed by atoms with van der Waals surface area (Å²) < 4.78 is 37.7. The van der Waals surface area contributed by atoms with Crippen LogP contribution in [0.5, 0.6) is 5.75 Å². The minimum Gasteiger partial charge on any atom is -0.481 e. The van der Waals surface area contributed by atoms with Gasteiger partial charge in [0.15, 0.2) is 6.10 Å². The first kappa shape index (κ1) is 22.1. The number of carbonyl (C=O) groups excluding carboxylic acids is 1. The molecule has 8 heteroatoms. The number of sulfonamides is 1. The van der Waals surface area contributed by atoms with Gasteiger partial charge in [-0.25, -0.2) is 8.42 Å². The van der Waals surface area contributed by atoms with Crippen LogP contribution >= 0.6 is 0 Å². The number of carbonyl (C=O) groups is 1. The van der Waals surface area contributed by atoms with Crippen molar-refractivity contribution in [1.82, 2.24) is 9.62 Å². The van der Waals surface area contributed by atoms with Gasteiger partial charge in [0.25, 0.3) is 5.91 Å². The highest BCUT2D eigenvalue weighted by molar-refractivity contribution is 7.89. The molecule has 1 aromatic rings. The van der Waals surface area contributed by atoms with Gasteiger partial charge in [-0.2, -0.15) is 4.31 Å². The Labute approximate surface area is 173 Å². The molecule has 1 aromatic carbocycles. The zero-order valence-electron chi connectivity index (χ0n) is 17.5. The molecule has 29 heavy (non-hydrogen) atoms. The van der Waals surface area contributed by atoms with Gasteiger partial charge in [0.2, 0.25) is 10.0 Å². The van der Waals surface area contributed by atoms with Crippen molar-refractivity contribution in [3.8, 4) is 5.75 Å². The van der Waals surface area contributed by atoms with Crippen LogP contribution in [0, 0.1) is 11.8 Å². The van der Waals surface area contributed by atoms with E-state index in [0.29, 0.717) is 43.9 Å². The van der Waals surface area contributed by atoms with E-state index in [1.807, 2.05) is 0 Å². The van der Waals surface area contributed by atoms with E-state index in [2.05, 4.69) is 19.2 Å². The summed E-state index contributed by atoms with van der Waals surface area (Å²) in [5.41, 5.74) is 0. The first-order valence-corrected chi connectivity index (χ1v) is 11.9. The molecule has 0 aromatic heterocycles. The molecule has 162 valence electrons. The average Bonchev–Trinajstić information content (AvgIpc) is 2.72. The summed E-state index contributed by atoms with van der Waals surface area (Å²) in [6.07, 6.45) is 2.68. The highest BCUT2D eigenvalue weighted by Gasteiger charge is 2.30. The van der Waals surface area contributed by atoms with E-state index in [9.17, 15) is 13.2 Å². The molecule has 1 amide bonds. The van der Waals surface area contributed by atoms with Crippen LogP contribution in [0.25, 0.3) is 0 Å². The van der Waals surface area contributed by atoms with Crippen LogP contribution in [0.15, 0.2) is 29.2 Å². The van der Waals surface area contributed by atoms with Gasteiger partial charge < -0.3 is 14.8 Å². The highest BCUT2D eigenvalue weighted by Crippen LogP contribution is 2.29. The number of nitrogens with zero attached hydrogens (tertiary/aromatic N) is 1. The molecular weight excluding hydrogens is 392 g/mol. The van der Waals surface area contributed by atoms with Crippen LogP contribution in [0.2, 0.25) is 0 Å². The van der Waals surface area contributed by atoms with E-state index in [4.69, 9.17) is 9.47 Å². The van der Waals surface area contributed by atoms with Crippen LogP contribution in [0.3, 0.4) is 0 Å². The Kier molecular flexibility index (Phi) is 7.19. The van der Waals surface area contributed by atoms with Crippen LogP contribution in [0.1, 0.15) is 40.0 Å². The number of rotatable bonds is 6. The van der Waals surface area contributed by atoms with E-state index in [1.54, 1.807) is 19.1 Å². The summed E-state index contributed by atoms with van der Waals surface area (Å²) in [5.74, 6) is 1.38. The van der Waals surface area contributed by atoms with Crippen molar-refractivity contribution in [2.24, 2.45) is 11.8 Å². The van der Waals surface area contributed by atoms with Gasteiger partial charge in [0.1, 0.15) is 5.75 Å². The number of hydrogen-bond donors (Lipinski definition) is 1. The van der Waals surface area contributed by atoms with E-state index in [-0.39, 0.29) is 16.8 Å². The zero-order valence-corrected chi connectivity index (χ0v) is 18.3. The van der Waals surface area contributed by atoms with Crippen LogP contribution < -0.4 is 10.1 Å². The van der Waals surface area contributed by atoms with Crippen molar-refractivity contribution in [3.63, 3.8) is 0 Å². The monoisotopic (exact) mass is 424 g/mol. The van der Waals surface area contributed by atoms with Gasteiger partial charge in [-0.3, -0.25) is 4.79 Å². The summed E-state index contributed by atoms with van der Waals surface area (Å²) in [4.78, 5) is 12.8. The first-order valence-electron chi connectivity index (χ1n) is 10.4. The number of morpholine rings is 1. The number of benzene rings is 1. The molecule has 1 aliphatic heterocycles. The van der Waals surface area contributed by atoms with Gasteiger partial charge in [-0.05, 0) is 49.4 Å². The predicted molar refractivity (Wildman–Crippen MR) is 110 cm³/mol. The summed E-state index contributed by atoms with van der Waals surface area (Å²) in [6.45, 7) is 7.66. The molecule has 3 rings (SSSR count). The Morgan fingerprint density at radius 2 is 1.83 bits per heavy atom. The molecule has 1 heterocycles. The van der Waals surface area contributed by atoms with Gasteiger partial charge in [0.05, 0.1) is 18.1 Å². The second-order valence-electron chi connectivity index (χ2n) is 8.13. The molecule has 2 fully saturated rings. The Morgan fingerprint density at radius 3 is 2.48 bits per heavy atom. The Hall–Kier alpha value is -1.64. The molecule has 0 unspecified atom stereocenters. The third-order valence-corrected chi connectivity index (χ3v) is 8.06. The van der Waals surface area contributed by atoms with Crippen molar-refractivity contribution in [1.29, 1.82) is 0 Å². The van der Waals surface area contributed by atoms with Gasteiger partial charge in [-0.1, -0.05) is 26.7 Å². The van der Waals surface area contributed by atoms with Crippen molar-refractivity contribution in [2.45, 2.75) is 57.1 Å². The summed E-state index contributed by atoms with van der Waals surface area (Å²) in [6, 6.07) is 6.43. The normalized spacial score (nSPS) is 27.2. The molecule has 0 spiro atoms. The van der Waals surface area contributed by atoms with Crippen LogP contribution in [-0.4, -0.2) is 57.1 Å². The smallest absolute Gasteiger partial charge is 0.261 e. The fourth-order valence-electron chi connectivity index (χ4n) is 3.97. The summed E-state index contributed by atoms with van der Waals surface area (Å²) >= 11 is 0. The minimum absolute atomic E-state index is 0.138.